The predicted molar refractivity (Wildman–Crippen MR) is 84.6 cm³/mol. The van der Waals surface area contributed by atoms with Crippen LogP contribution in [0.15, 0.2) is 40.9 Å². The Balaban J connectivity index is 2.32. The number of ether oxygens (including phenoxy) is 1. The molecule has 1 N–H and O–H groups in total. The van der Waals surface area contributed by atoms with Gasteiger partial charge in [0.25, 0.3) is 5.91 Å². The summed E-state index contributed by atoms with van der Waals surface area (Å²) in [6, 6.07) is 11.3. The summed E-state index contributed by atoms with van der Waals surface area (Å²) in [5.74, 6) is 0.383. The van der Waals surface area contributed by atoms with Gasteiger partial charge < -0.3 is 10.1 Å². The summed E-state index contributed by atoms with van der Waals surface area (Å²) in [5, 5.41) is 2.90. The SMILES string of the molecule is COc1ccc(C)cc1C(=O)Nc1cc(C)ccc1Br. The average Bonchev–Trinajstić information content (AvgIpc) is 2.42. The molecule has 0 aliphatic rings. The minimum atomic E-state index is -0.183. The molecule has 2 aromatic carbocycles. The van der Waals surface area contributed by atoms with Crippen molar-refractivity contribution < 1.29 is 9.53 Å². The van der Waals surface area contributed by atoms with E-state index in [4.69, 9.17) is 4.74 Å². The molecular weight excluding hydrogens is 318 g/mol. The first kappa shape index (κ1) is 14.6. The molecule has 0 unspecified atom stereocenters. The highest BCUT2D eigenvalue weighted by atomic mass is 79.9. The molecule has 0 saturated carbocycles. The van der Waals surface area contributed by atoms with Crippen LogP contribution >= 0.6 is 15.9 Å². The maximum Gasteiger partial charge on any atom is 0.259 e. The second-order valence-electron chi connectivity index (χ2n) is 4.64. The lowest BCUT2D eigenvalue weighted by atomic mass is 10.1. The van der Waals surface area contributed by atoms with Crippen molar-refractivity contribution in [1.82, 2.24) is 0 Å². The fraction of sp³-hybridized carbons (Fsp3) is 0.188. The van der Waals surface area contributed by atoms with Gasteiger partial charge in [0.2, 0.25) is 0 Å². The molecule has 0 atom stereocenters. The smallest absolute Gasteiger partial charge is 0.259 e. The molecule has 0 aromatic heterocycles. The monoisotopic (exact) mass is 333 g/mol. The lowest BCUT2D eigenvalue weighted by Crippen LogP contribution is -2.14. The Kier molecular flexibility index (Phi) is 4.45. The molecule has 0 spiro atoms. The molecule has 1 amide bonds. The summed E-state index contributed by atoms with van der Waals surface area (Å²) >= 11 is 3.44. The number of amides is 1. The number of rotatable bonds is 3. The molecule has 0 heterocycles. The quantitative estimate of drug-likeness (QED) is 0.907. The van der Waals surface area contributed by atoms with Crippen molar-refractivity contribution in [3.8, 4) is 5.75 Å². The third-order valence-corrected chi connectivity index (χ3v) is 3.66. The molecule has 4 heteroatoms. The number of nitrogens with one attached hydrogen (secondary N) is 1. The van der Waals surface area contributed by atoms with Gasteiger partial charge in [-0.15, -0.1) is 0 Å². The van der Waals surface area contributed by atoms with Crippen molar-refractivity contribution in [2.24, 2.45) is 0 Å². The number of methoxy groups -OCH3 is 1. The molecule has 0 aliphatic heterocycles. The van der Waals surface area contributed by atoms with E-state index in [0.717, 1.165) is 21.3 Å². The number of anilines is 1. The molecule has 20 heavy (non-hydrogen) atoms. The summed E-state index contributed by atoms with van der Waals surface area (Å²) in [7, 11) is 1.56. The molecule has 2 aromatic rings. The number of carbonyl (C=O) groups excluding carboxylic acids is 1. The van der Waals surface area contributed by atoms with Gasteiger partial charge in [0.05, 0.1) is 18.4 Å². The van der Waals surface area contributed by atoms with Crippen LogP contribution in [0.3, 0.4) is 0 Å². The van der Waals surface area contributed by atoms with Crippen molar-refractivity contribution in [2.75, 3.05) is 12.4 Å². The van der Waals surface area contributed by atoms with E-state index in [1.165, 1.54) is 0 Å². The van der Waals surface area contributed by atoms with E-state index >= 15 is 0 Å². The van der Waals surface area contributed by atoms with E-state index in [1.54, 1.807) is 13.2 Å². The van der Waals surface area contributed by atoms with Crippen LogP contribution in [0.2, 0.25) is 0 Å². The first-order valence-electron chi connectivity index (χ1n) is 6.23. The Morgan fingerprint density at radius 1 is 1.10 bits per heavy atom. The average molecular weight is 334 g/mol. The molecule has 3 nitrogen and oxygen atoms in total. The van der Waals surface area contributed by atoms with Gasteiger partial charge in [0.15, 0.2) is 0 Å². The molecular formula is C16H16BrNO2. The summed E-state index contributed by atoms with van der Waals surface area (Å²) in [6.45, 7) is 3.92. The molecule has 0 aliphatic carbocycles. The van der Waals surface area contributed by atoms with Gasteiger partial charge in [0, 0.05) is 4.47 Å². The van der Waals surface area contributed by atoms with Gasteiger partial charge in [0.1, 0.15) is 5.75 Å². The van der Waals surface area contributed by atoms with Gasteiger partial charge in [-0.3, -0.25) is 4.79 Å². The van der Waals surface area contributed by atoms with Crippen molar-refractivity contribution in [2.45, 2.75) is 13.8 Å². The van der Waals surface area contributed by atoms with Crippen LogP contribution in [0.1, 0.15) is 21.5 Å². The van der Waals surface area contributed by atoms with Crippen LogP contribution in [0.5, 0.6) is 5.75 Å². The van der Waals surface area contributed by atoms with Crippen LogP contribution < -0.4 is 10.1 Å². The van der Waals surface area contributed by atoms with Crippen molar-refractivity contribution in [3.63, 3.8) is 0 Å². The number of hydrogen-bond acceptors (Lipinski definition) is 2. The second-order valence-corrected chi connectivity index (χ2v) is 5.50. The summed E-state index contributed by atoms with van der Waals surface area (Å²) in [4.78, 5) is 12.4. The summed E-state index contributed by atoms with van der Waals surface area (Å²) in [5.41, 5.74) is 3.37. The third kappa shape index (κ3) is 3.20. The van der Waals surface area contributed by atoms with Gasteiger partial charge in [-0.1, -0.05) is 17.7 Å². The van der Waals surface area contributed by atoms with Crippen LogP contribution in [-0.4, -0.2) is 13.0 Å². The highest BCUT2D eigenvalue weighted by Crippen LogP contribution is 2.26. The Morgan fingerprint density at radius 3 is 2.45 bits per heavy atom. The highest BCUT2D eigenvalue weighted by molar-refractivity contribution is 9.10. The number of halogens is 1. The van der Waals surface area contributed by atoms with Gasteiger partial charge in [-0.25, -0.2) is 0 Å². The van der Waals surface area contributed by atoms with Gasteiger partial charge in [-0.05, 0) is 59.6 Å². The first-order chi connectivity index (χ1) is 9.51. The number of hydrogen-bond donors (Lipinski definition) is 1. The normalized spacial score (nSPS) is 10.2. The number of aryl methyl sites for hydroxylation is 2. The molecule has 0 radical (unpaired) electrons. The third-order valence-electron chi connectivity index (χ3n) is 2.97. The van der Waals surface area contributed by atoms with E-state index in [9.17, 15) is 4.79 Å². The summed E-state index contributed by atoms with van der Waals surface area (Å²) in [6.07, 6.45) is 0. The topological polar surface area (TPSA) is 38.3 Å². The highest BCUT2D eigenvalue weighted by Gasteiger charge is 2.14. The van der Waals surface area contributed by atoms with Crippen LogP contribution in [0.25, 0.3) is 0 Å². The van der Waals surface area contributed by atoms with Gasteiger partial charge in [-0.2, -0.15) is 0 Å². The van der Waals surface area contributed by atoms with E-state index in [1.807, 2.05) is 44.2 Å². The van der Waals surface area contributed by atoms with E-state index < -0.39 is 0 Å². The van der Waals surface area contributed by atoms with Crippen LogP contribution in [0, 0.1) is 13.8 Å². The zero-order chi connectivity index (χ0) is 14.7. The lowest BCUT2D eigenvalue weighted by Gasteiger charge is -2.11. The Morgan fingerprint density at radius 2 is 1.75 bits per heavy atom. The fourth-order valence-corrected chi connectivity index (χ4v) is 2.27. The van der Waals surface area contributed by atoms with E-state index in [0.29, 0.717) is 11.3 Å². The zero-order valence-corrected chi connectivity index (χ0v) is 13.2. The number of benzene rings is 2. The maximum absolute atomic E-state index is 12.4. The maximum atomic E-state index is 12.4. The lowest BCUT2D eigenvalue weighted by molar-refractivity contribution is 0.102. The van der Waals surface area contributed by atoms with E-state index in [2.05, 4.69) is 21.2 Å². The Labute approximate surface area is 127 Å². The predicted octanol–water partition coefficient (Wildman–Crippen LogP) is 4.33. The van der Waals surface area contributed by atoms with Crippen molar-refractivity contribution in [3.05, 3.63) is 57.6 Å². The largest absolute Gasteiger partial charge is 0.496 e. The molecule has 0 fully saturated rings. The molecule has 2 rings (SSSR count). The van der Waals surface area contributed by atoms with Crippen molar-refractivity contribution in [1.29, 1.82) is 0 Å². The minimum Gasteiger partial charge on any atom is -0.496 e. The molecule has 0 saturated heterocycles. The van der Waals surface area contributed by atoms with E-state index in [-0.39, 0.29) is 5.91 Å². The standard InChI is InChI=1S/C16H16BrNO2/c1-10-5-7-15(20-3)12(8-10)16(19)18-14-9-11(2)4-6-13(14)17/h4-9H,1-3H3,(H,18,19). The van der Waals surface area contributed by atoms with Gasteiger partial charge >= 0.3 is 0 Å². The second kappa shape index (κ2) is 6.09. The summed E-state index contributed by atoms with van der Waals surface area (Å²) < 4.78 is 6.09. The Bertz CT molecular complexity index is 653. The Hall–Kier alpha value is -1.81. The molecule has 0 bridgehead atoms. The first-order valence-corrected chi connectivity index (χ1v) is 7.02. The van der Waals surface area contributed by atoms with Crippen molar-refractivity contribution >= 4 is 27.5 Å². The molecule has 104 valence electrons. The minimum absolute atomic E-state index is 0.183. The van der Waals surface area contributed by atoms with Crippen LogP contribution in [-0.2, 0) is 0 Å². The fourth-order valence-electron chi connectivity index (χ4n) is 1.92. The van der Waals surface area contributed by atoms with Crippen LogP contribution in [0.4, 0.5) is 5.69 Å². The number of carbonyl (C=O) groups is 1. The zero-order valence-electron chi connectivity index (χ0n) is 11.7.